The minimum Gasteiger partial charge on any atom is -0.452 e. The molecule has 3 N–H and O–H groups in total. The highest BCUT2D eigenvalue weighted by atomic mass is 19.4. The number of hydrogen-bond donors (Lipinski definition) is 2. The van der Waals surface area contributed by atoms with Gasteiger partial charge in [-0.2, -0.15) is 26.3 Å². The van der Waals surface area contributed by atoms with Gasteiger partial charge in [-0.05, 0) is 42.5 Å². The van der Waals surface area contributed by atoms with Crippen LogP contribution in [0.15, 0.2) is 42.5 Å². The summed E-state index contributed by atoms with van der Waals surface area (Å²) >= 11 is 0. The number of primary amides is 1. The first-order valence-electron chi connectivity index (χ1n) is 7.93. The highest BCUT2D eigenvalue weighted by Gasteiger charge is 2.37. The monoisotopic (exact) mass is 434 g/mol. The van der Waals surface area contributed by atoms with Crippen LogP contribution in [0.1, 0.15) is 31.8 Å². The Hall–Kier alpha value is -3.57. The second kappa shape index (κ2) is 8.43. The second-order valence-electron chi connectivity index (χ2n) is 5.86. The Labute approximate surface area is 164 Å². The van der Waals surface area contributed by atoms with Crippen molar-refractivity contribution in [1.82, 2.24) is 0 Å². The van der Waals surface area contributed by atoms with Crippen LogP contribution in [0.4, 0.5) is 32.0 Å². The van der Waals surface area contributed by atoms with E-state index in [1.165, 1.54) is 24.3 Å². The quantitative estimate of drug-likeness (QED) is 0.555. The number of nitrogens with one attached hydrogen (secondary N) is 1. The minimum absolute atomic E-state index is 0.140. The molecule has 160 valence electrons. The fraction of sp³-hybridized carbons (Fsp3) is 0.167. The Morgan fingerprint density at radius 1 is 0.833 bits per heavy atom. The van der Waals surface area contributed by atoms with Crippen molar-refractivity contribution in [2.45, 2.75) is 12.4 Å². The van der Waals surface area contributed by atoms with Gasteiger partial charge in [-0.1, -0.05) is 0 Å². The maximum Gasteiger partial charge on any atom is 0.416 e. The van der Waals surface area contributed by atoms with Crippen LogP contribution in [0, 0.1) is 0 Å². The van der Waals surface area contributed by atoms with Crippen molar-refractivity contribution in [3.05, 3.63) is 64.7 Å². The number of carbonyl (C=O) groups excluding carboxylic acids is 3. The van der Waals surface area contributed by atoms with Crippen molar-refractivity contribution in [3.63, 3.8) is 0 Å². The van der Waals surface area contributed by atoms with Crippen LogP contribution in [0.25, 0.3) is 0 Å². The van der Waals surface area contributed by atoms with Crippen LogP contribution in [0.5, 0.6) is 0 Å². The molecule has 12 heteroatoms. The molecule has 0 atom stereocenters. The average Bonchev–Trinajstić information content (AvgIpc) is 2.64. The minimum atomic E-state index is -5.13. The Morgan fingerprint density at radius 2 is 1.33 bits per heavy atom. The molecule has 0 aliphatic carbocycles. The van der Waals surface area contributed by atoms with E-state index in [0.717, 1.165) is 0 Å². The van der Waals surface area contributed by atoms with E-state index in [-0.39, 0.29) is 29.4 Å². The fourth-order valence-electron chi connectivity index (χ4n) is 2.20. The molecule has 0 bridgehead atoms. The molecule has 0 radical (unpaired) electrons. The van der Waals surface area contributed by atoms with E-state index >= 15 is 0 Å². The lowest BCUT2D eigenvalue weighted by molar-refractivity contribution is -0.143. The Kier molecular flexibility index (Phi) is 6.38. The zero-order valence-corrected chi connectivity index (χ0v) is 14.7. The SMILES string of the molecule is NC(=O)c1ccc(NC(=O)COC(=O)c2cc(C(F)(F)F)cc(C(F)(F)F)c2)cc1. The van der Waals surface area contributed by atoms with E-state index in [2.05, 4.69) is 10.1 Å². The van der Waals surface area contributed by atoms with Gasteiger partial charge in [-0.15, -0.1) is 0 Å². The van der Waals surface area contributed by atoms with E-state index in [1.807, 2.05) is 0 Å². The predicted molar refractivity (Wildman–Crippen MR) is 90.3 cm³/mol. The summed E-state index contributed by atoms with van der Waals surface area (Å²) in [5.74, 6) is -3.18. The van der Waals surface area contributed by atoms with Crippen molar-refractivity contribution in [2.75, 3.05) is 11.9 Å². The van der Waals surface area contributed by atoms with Crippen molar-refractivity contribution < 1.29 is 45.5 Å². The van der Waals surface area contributed by atoms with Gasteiger partial charge in [-0.3, -0.25) is 9.59 Å². The third kappa shape index (κ3) is 5.96. The molecule has 2 aromatic rings. The van der Waals surface area contributed by atoms with Gasteiger partial charge in [0.2, 0.25) is 5.91 Å². The number of alkyl halides is 6. The second-order valence-corrected chi connectivity index (χ2v) is 5.86. The Balaban J connectivity index is 2.09. The molecular formula is C18H12F6N2O4. The van der Waals surface area contributed by atoms with Crippen LogP contribution >= 0.6 is 0 Å². The highest BCUT2D eigenvalue weighted by Crippen LogP contribution is 2.36. The normalized spacial score (nSPS) is 11.7. The lowest BCUT2D eigenvalue weighted by atomic mass is 10.0. The molecule has 0 aliphatic rings. The number of ether oxygens (including phenoxy) is 1. The van der Waals surface area contributed by atoms with Gasteiger partial charge in [0.25, 0.3) is 5.91 Å². The van der Waals surface area contributed by atoms with Crippen molar-refractivity contribution in [3.8, 4) is 0 Å². The first kappa shape index (κ1) is 22.7. The first-order chi connectivity index (χ1) is 13.8. The Bertz CT molecular complexity index is 936. The molecule has 0 saturated heterocycles. The number of nitrogens with two attached hydrogens (primary N) is 1. The first-order valence-corrected chi connectivity index (χ1v) is 7.93. The van der Waals surface area contributed by atoms with Gasteiger partial charge in [0.15, 0.2) is 6.61 Å². The number of anilines is 1. The van der Waals surface area contributed by atoms with Gasteiger partial charge < -0.3 is 15.8 Å². The summed E-state index contributed by atoms with van der Waals surface area (Å²) in [7, 11) is 0. The maximum atomic E-state index is 12.8. The highest BCUT2D eigenvalue weighted by molar-refractivity contribution is 5.97. The van der Waals surface area contributed by atoms with Gasteiger partial charge in [-0.25, -0.2) is 4.79 Å². The number of halogens is 6. The molecule has 0 heterocycles. The smallest absolute Gasteiger partial charge is 0.416 e. The van der Waals surface area contributed by atoms with E-state index in [9.17, 15) is 40.7 Å². The lowest BCUT2D eigenvalue weighted by Crippen LogP contribution is -2.22. The zero-order chi connectivity index (χ0) is 22.7. The maximum absolute atomic E-state index is 12.8. The molecule has 0 fully saturated rings. The summed E-state index contributed by atoms with van der Waals surface area (Å²) < 4.78 is 81.4. The molecule has 2 rings (SSSR count). The van der Waals surface area contributed by atoms with Crippen LogP contribution in [-0.4, -0.2) is 24.4 Å². The van der Waals surface area contributed by atoms with Crippen molar-refractivity contribution >= 4 is 23.5 Å². The fourth-order valence-corrected chi connectivity index (χ4v) is 2.20. The Morgan fingerprint density at radius 3 is 1.77 bits per heavy atom. The molecule has 30 heavy (non-hydrogen) atoms. The number of hydrogen-bond acceptors (Lipinski definition) is 4. The number of amides is 2. The summed E-state index contributed by atoms with van der Waals surface area (Å²) in [5, 5.41) is 2.26. The largest absolute Gasteiger partial charge is 0.452 e. The molecule has 2 amide bonds. The number of carbonyl (C=O) groups is 3. The zero-order valence-electron chi connectivity index (χ0n) is 14.7. The molecule has 0 aliphatic heterocycles. The molecule has 6 nitrogen and oxygen atoms in total. The van der Waals surface area contributed by atoms with Crippen LogP contribution < -0.4 is 11.1 Å². The van der Waals surface area contributed by atoms with Crippen LogP contribution in [0.3, 0.4) is 0 Å². The molecule has 2 aromatic carbocycles. The summed E-state index contributed by atoms with van der Waals surface area (Å²) in [5.41, 5.74) is 0.988. The van der Waals surface area contributed by atoms with Gasteiger partial charge >= 0.3 is 18.3 Å². The average molecular weight is 434 g/mol. The van der Waals surface area contributed by atoms with Crippen LogP contribution in [-0.2, 0) is 21.9 Å². The number of rotatable bonds is 5. The number of benzene rings is 2. The van der Waals surface area contributed by atoms with E-state index in [4.69, 9.17) is 5.73 Å². The summed E-state index contributed by atoms with van der Waals surface area (Å²) in [6.07, 6.45) is -10.3. The van der Waals surface area contributed by atoms with Gasteiger partial charge in [0.1, 0.15) is 0 Å². The number of esters is 1. The lowest BCUT2D eigenvalue weighted by Gasteiger charge is -2.14. The van der Waals surface area contributed by atoms with E-state index < -0.39 is 53.4 Å². The topological polar surface area (TPSA) is 98.5 Å². The molecule has 0 unspecified atom stereocenters. The van der Waals surface area contributed by atoms with Crippen molar-refractivity contribution in [1.29, 1.82) is 0 Å². The van der Waals surface area contributed by atoms with E-state index in [0.29, 0.717) is 0 Å². The molecule has 0 saturated carbocycles. The molecule has 0 spiro atoms. The summed E-state index contributed by atoms with van der Waals surface area (Å²) in [4.78, 5) is 34.6. The molecule has 0 aromatic heterocycles. The van der Waals surface area contributed by atoms with E-state index in [1.54, 1.807) is 0 Å². The van der Waals surface area contributed by atoms with Crippen LogP contribution in [0.2, 0.25) is 0 Å². The summed E-state index contributed by atoms with van der Waals surface area (Å²) in [6, 6.07) is 5.45. The van der Waals surface area contributed by atoms with Gasteiger partial charge in [0.05, 0.1) is 16.7 Å². The molecular weight excluding hydrogens is 422 g/mol. The third-order valence-electron chi connectivity index (χ3n) is 3.61. The summed E-state index contributed by atoms with van der Waals surface area (Å²) in [6.45, 7) is -0.978. The third-order valence-corrected chi connectivity index (χ3v) is 3.61. The predicted octanol–water partition coefficient (Wildman–Crippen LogP) is 3.62. The van der Waals surface area contributed by atoms with Gasteiger partial charge in [0, 0.05) is 11.3 Å². The van der Waals surface area contributed by atoms with Crippen molar-refractivity contribution in [2.24, 2.45) is 5.73 Å². The standard InChI is InChI=1S/C18H12F6N2O4/c19-17(20,21)11-5-10(6-12(7-11)18(22,23)24)16(29)30-8-14(27)26-13-3-1-9(2-4-13)15(25)28/h1-7H,8H2,(H2,25,28)(H,26,27).